The molecule has 118 valence electrons. The molecule has 21 heavy (non-hydrogen) atoms. The molecule has 0 aromatic heterocycles. The molecule has 0 radical (unpaired) electrons. The van der Waals surface area contributed by atoms with Gasteiger partial charge in [0.25, 0.3) is 0 Å². The minimum atomic E-state index is -0.879. The van der Waals surface area contributed by atoms with Gasteiger partial charge >= 0.3 is 5.97 Å². The topological polar surface area (TPSA) is 40.5 Å². The molecule has 0 saturated carbocycles. The highest BCUT2D eigenvalue weighted by atomic mass is 16.4. The first-order chi connectivity index (χ1) is 9.56. The van der Waals surface area contributed by atoms with Crippen LogP contribution in [-0.2, 0) is 0 Å². The fourth-order valence-corrected chi connectivity index (χ4v) is 3.45. The first kappa shape index (κ1) is 17.7. The van der Waals surface area contributed by atoms with Crippen LogP contribution in [0.5, 0.6) is 0 Å². The maximum absolute atomic E-state index is 10.2. The predicted octanol–water partition coefficient (Wildman–Crippen LogP) is 4.29. The van der Waals surface area contributed by atoms with Gasteiger partial charge in [0.2, 0.25) is 0 Å². The van der Waals surface area contributed by atoms with Crippen LogP contribution in [-0.4, -0.2) is 34.1 Å². The normalized spacial score (nSPS) is 21.2. The zero-order chi connectivity index (χ0) is 16.3. The van der Waals surface area contributed by atoms with Crippen LogP contribution in [0.25, 0.3) is 0 Å². The van der Waals surface area contributed by atoms with Crippen molar-refractivity contribution in [2.75, 3.05) is 7.05 Å². The third kappa shape index (κ3) is 4.85. The fourth-order valence-electron chi connectivity index (χ4n) is 3.45. The molecular formula is C18H29NO2. The fraction of sp³-hybridized carbons (Fsp3) is 0.611. The van der Waals surface area contributed by atoms with Crippen LogP contribution in [0.15, 0.2) is 30.3 Å². The zero-order valence-electron chi connectivity index (χ0n) is 14.2. The summed E-state index contributed by atoms with van der Waals surface area (Å²) in [5.41, 5.74) is 1.08. The highest BCUT2D eigenvalue weighted by Crippen LogP contribution is 2.39. The number of carbonyl (C=O) groups is 1. The van der Waals surface area contributed by atoms with Crippen molar-refractivity contribution in [3.8, 4) is 0 Å². The summed E-state index contributed by atoms with van der Waals surface area (Å²) in [6.07, 6.45) is 2.65. The second-order valence-electron chi connectivity index (χ2n) is 7.37. The number of hydrogen-bond acceptors (Lipinski definition) is 2. The summed E-state index contributed by atoms with van der Waals surface area (Å²) in [6.45, 7) is 11.8. The highest BCUT2D eigenvalue weighted by molar-refractivity contribution is 5.87. The number of rotatable bonds is 1. The number of piperidine rings is 1. The van der Waals surface area contributed by atoms with Gasteiger partial charge in [-0.1, -0.05) is 25.1 Å². The quantitative estimate of drug-likeness (QED) is 0.839. The number of carboxylic acids is 1. The molecule has 3 nitrogen and oxygen atoms in total. The Morgan fingerprint density at radius 2 is 1.52 bits per heavy atom. The largest absolute Gasteiger partial charge is 0.478 e. The molecule has 0 bridgehead atoms. The Labute approximate surface area is 129 Å². The van der Waals surface area contributed by atoms with Crippen molar-refractivity contribution in [2.45, 2.75) is 58.5 Å². The Balaban J connectivity index is 0.000000219. The molecule has 1 aromatic rings. The van der Waals surface area contributed by atoms with E-state index in [0.717, 1.165) is 5.92 Å². The molecule has 0 aliphatic carbocycles. The van der Waals surface area contributed by atoms with Crippen LogP contribution in [0.3, 0.4) is 0 Å². The number of nitrogens with zero attached hydrogens (tertiary/aromatic N) is 1. The van der Waals surface area contributed by atoms with Crippen molar-refractivity contribution in [3.63, 3.8) is 0 Å². The van der Waals surface area contributed by atoms with Crippen molar-refractivity contribution in [1.82, 2.24) is 4.90 Å². The highest BCUT2D eigenvalue weighted by Gasteiger charge is 2.41. The summed E-state index contributed by atoms with van der Waals surface area (Å²) in [6, 6.07) is 8.30. The monoisotopic (exact) mass is 291 g/mol. The van der Waals surface area contributed by atoms with Gasteiger partial charge in [-0.2, -0.15) is 0 Å². The summed E-state index contributed by atoms with van der Waals surface area (Å²) >= 11 is 0. The van der Waals surface area contributed by atoms with Gasteiger partial charge in [-0.3, -0.25) is 4.90 Å². The summed E-state index contributed by atoms with van der Waals surface area (Å²) < 4.78 is 0. The Morgan fingerprint density at radius 3 is 1.86 bits per heavy atom. The molecular weight excluding hydrogens is 262 g/mol. The van der Waals surface area contributed by atoms with E-state index in [-0.39, 0.29) is 0 Å². The van der Waals surface area contributed by atoms with Gasteiger partial charge in [0.1, 0.15) is 0 Å². The van der Waals surface area contributed by atoms with Crippen LogP contribution in [0.4, 0.5) is 0 Å². The molecule has 1 fully saturated rings. The van der Waals surface area contributed by atoms with Crippen LogP contribution in [0, 0.1) is 5.92 Å². The minimum absolute atomic E-state index is 0.331. The van der Waals surface area contributed by atoms with Crippen molar-refractivity contribution in [2.24, 2.45) is 5.92 Å². The van der Waals surface area contributed by atoms with E-state index in [1.165, 1.54) is 12.8 Å². The van der Waals surface area contributed by atoms with Gasteiger partial charge in [0.05, 0.1) is 5.56 Å². The van der Waals surface area contributed by atoms with E-state index in [2.05, 4.69) is 46.6 Å². The van der Waals surface area contributed by atoms with Gasteiger partial charge in [-0.15, -0.1) is 0 Å². The lowest BCUT2D eigenvalue weighted by molar-refractivity contribution is -0.0255. The first-order valence-electron chi connectivity index (χ1n) is 7.58. The van der Waals surface area contributed by atoms with Crippen molar-refractivity contribution in [1.29, 1.82) is 0 Å². The average Bonchev–Trinajstić information content (AvgIpc) is 2.36. The number of carboxylic acid groups (broad SMARTS) is 1. The average molecular weight is 291 g/mol. The van der Waals surface area contributed by atoms with E-state index < -0.39 is 5.97 Å². The Morgan fingerprint density at radius 1 is 1.10 bits per heavy atom. The Kier molecular flexibility index (Phi) is 5.57. The summed E-state index contributed by atoms with van der Waals surface area (Å²) in [5.74, 6) is -0.0122. The number of likely N-dealkylation sites (tertiary alicyclic amines) is 1. The molecule has 2 rings (SSSR count). The van der Waals surface area contributed by atoms with Crippen molar-refractivity contribution < 1.29 is 9.90 Å². The third-order valence-corrected chi connectivity index (χ3v) is 4.53. The maximum atomic E-state index is 10.2. The molecule has 1 heterocycles. The summed E-state index contributed by atoms with van der Waals surface area (Å²) in [7, 11) is 2.26. The SMILES string of the molecule is CC1CC(C)(C)N(C)C(C)(C)C1.O=C(O)c1ccccc1. The van der Waals surface area contributed by atoms with Gasteiger partial charge in [-0.25, -0.2) is 4.79 Å². The van der Waals surface area contributed by atoms with Gasteiger partial charge in [0, 0.05) is 11.1 Å². The van der Waals surface area contributed by atoms with Crippen LogP contribution < -0.4 is 0 Å². The number of hydrogen-bond donors (Lipinski definition) is 1. The first-order valence-corrected chi connectivity index (χ1v) is 7.58. The van der Waals surface area contributed by atoms with Crippen molar-refractivity contribution >= 4 is 5.97 Å². The standard InChI is InChI=1S/C11H23N.C7H6O2/c1-9-7-10(2,3)12(6)11(4,5)8-9;8-7(9)6-4-2-1-3-5-6/h9H,7-8H2,1-6H3;1-5H,(H,8,9). The van der Waals surface area contributed by atoms with E-state index in [0.29, 0.717) is 16.6 Å². The van der Waals surface area contributed by atoms with E-state index in [1.807, 2.05) is 0 Å². The van der Waals surface area contributed by atoms with Gasteiger partial charge in [-0.05, 0) is 65.6 Å². The van der Waals surface area contributed by atoms with E-state index in [1.54, 1.807) is 30.3 Å². The molecule has 3 heteroatoms. The maximum Gasteiger partial charge on any atom is 0.335 e. The molecule has 1 aliphatic heterocycles. The smallest absolute Gasteiger partial charge is 0.335 e. The number of aromatic carboxylic acids is 1. The van der Waals surface area contributed by atoms with Gasteiger partial charge < -0.3 is 5.11 Å². The Hall–Kier alpha value is -1.35. The minimum Gasteiger partial charge on any atom is -0.478 e. The second kappa shape index (κ2) is 6.61. The predicted molar refractivity (Wildman–Crippen MR) is 87.7 cm³/mol. The molecule has 0 atom stereocenters. The summed E-state index contributed by atoms with van der Waals surface area (Å²) in [4.78, 5) is 12.7. The molecule has 1 saturated heterocycles. The molecule has 1 aliphatic rings. The van der Waals surface area contributed by atoms with Crippen LogP contribution >= 0.6 is 0 Å². The lowest BCUT2D eigenvalue weighted by Gasteiger charge is -2.53. The van der Waals surface area contributed by atoms with E-state index in [4.69, 9.17) is 5.11 Å². The lowest BCUT2D eigenvalue weighted by atomic mass is 9.75. The zero-order valence-corrected chi connectivity index (χ0v) is 14.2. The van der Waals surface area contributed by atoms with Crippen LogP contribution in [0.2, 0.25) is 0 Å². The molecule has 0 unspecified atom stereocenters. The third-order valence-electron chi connectivity index (χ3n) is 4.53. The molecule has 1 N–H and O–H groups in total. The lowest BCUT2D eigenvalue weighted by Crippen LogP contribution is -2.58. The molecule has 0 amide bonds. The second-order valence-corrected chi connectivity index (χ2v) is 7.37. The molecule has 0 spiro atoms. The Bertz CT molecular complexity index is 447. The molecule has 1 aromatic carbocycles. The van der Waals surface area contributed by atoms with Gasteiger partial charge in [0.15, 0.2) is 0 Å². The van der Waals surface area contributed by atoms with Crippen molar-refractivity contribution in [3.05, 3.63) is 35.9 Å². The summed E-state index contributed by atoms with van der Waals surface area (Å²) in [5, 5.41) is 8.38. The van der Waals surface area contributed by atoms with E-state index in [9.17, 15) is 4.79 Å². The van der Waals surface area contributed by atoms with Crippen LogP contribution in [0.1, 0.15) is 57.8 Å². The number of benzene rings is 1. The van der Waals surface area contributed by atoms with E-state index >= 15 is 0 Å².